The van der Waals surface area contributed by atoms with Crippen LogP contribution in [0, 0.1) is 0 Å². The molecule has 0 saturated heterocycles. The molecule has 0 aliphatic heterocycles. The fraction of sp³-hybridized carbons (Fsp3) is 0.600. The van der Waals surface area contributed by atoms with Crippen molar-refractivity contribution < 1.29 is 4.74 Å². The van der Waals surface area contributed by atoms with E-state index in [1.807, 2.05) is 0 Å². The molecular formula is C15H25NOS. The molecule has 1 aromatic carbocycles. The monoisotopic (exact) mass is 267 g/mol. The Hall–Kier alpha value is -0.670. The highest BCUT2D eigenvalue weighted by Gasteiger charge is 2.21. The van der Waals surface area contributed by atoms with Crippen molar-refractivity contribution in [3.8, 4) is 5.75 Å². The van der Waals surface area contributed by atoms with E-state index in [9.17, 15) is 0 Å². The van der Waals surface area contributed by atoms with E-state index in [0.29, 0.717) is 11.8 Å². The number of ether oxygens (including phenoxy) is 1. The highest BCUT2D eigenvalue weighted by atomic mass is 32.1. The zero-order chi connectivity index (χ0) is 13.8. The van der Waals surface area contributed by atoms with Gasteiger partial charge in [-0.3, -0.25) is 0 Å². The summed E-state index contributed by atoms with van der Waals surface area (Å²) in [6.07, 6.45) is 0. The van der Waals surface area contributed by atoms with Gasteiger partial charge in [-0.25, -0.2) is 0 Å². The molecule has 0 aliphatic rings. The Labute approximate surface area is 117 Å². The van der Waals surface area contributed by atoms with Crippen molar-refractivity contribution in [2.75, 3.05) is 19.5 Å². The van der Waals surface area contributed by atoms with Crippen molar-refractivity contribution in [1.29, 1.82) is 0 Å². The fourth-order valence-corrected chi connectivity index (χ4v) is 2.19. The van der Waals surface area contributed by atoms with Crippen LogP contribution in [0.1, 0.15) is 44.7 Å². The zero-order valence-electron chi connectivity index (χ0n) is 12.1. The fourth-order valence-electron chi connectivity index (χ4n) is 2.08. The standard InChI is InChI=1S/C15H25NOS/c1-11(2)13-8-12(6-7-14(13)17-5)15(3,4)9-16-10-18/h6-8,11,16,18H,9-10H2,1-5H3. The minimum atomic E-state index is 0.0959. The predicted molar refractivity (Wildman–Crippen MR) is 82.0 cm³/mol. The molecule has 0 fully saturated rings. The van der Waals surface area contributed by atoms with Gasteiger partial charge in [0.25, 0.3) is 0 Å². The van der Waals surface area contributed by atoms with Crippen LogP contribution in [0.15, 0.2) is 18.2 Å². The molecule has 2 nitrogen and oxygen atoms in total. The molecule has 1 aromatic rings. The van der Waals surface area contributed by atoms with Gasteiger partial charge in [0.05, 0.1) is 7.11 Å². The first-order chi connectivity index (χ1) is 8.42. The average Bonchev–Trinajstić information content (AvgIpc) is 2.35. The van der Waals surface area contributed by atoms with Crippen LogP contribution in [-0.2, 0) is 5.41 Å². The molecular weight excluding hydrogens is 242 g/mol. The number of hydrogen-bond donors (Lipinski definition) is 2. The Kier molecular flexibility index (Phi) is 5.54. The van der Waals surface area contributed by atoms with Crippen molar-refractivity contribution in [3.63, 3.8) is 0 Å². The number of thiol groups is 1. The summed E-state index contributed by atoms with van der Waals surface area (Å²) >= 11 is 4.20. The summed E-state index contributed by atoms with van der Waals surface area (Å²) in [5, 5.41) is 3.30. The van der Waals surface area contributed by atoms with Crippen LogP contribution in [0.25, 0.3) is 0 Å². The number of methoxy groups -OCH3 is 1. The summed E-state index contributed by atoms with van der Waals surface area (Å²) in [6.45, 7) is 9.80. The highest BCUT2D eigenvalue weighted by Crippen LogP contribution is 2.32. The largest absolute Gasteiger partial charge is 0.496 e. The van der Waals surface area contributed by atoms with E-state index in [4.69, 9.17) is 4.74 Å². The van der Waals surface area contributed by atoms with Crippen LogP contribution in [0.4, 0.5) is 0 Å². The summed E-state index contributed by atoms with van der Waals surface area (Å²) in [4.78, 5) is 0. The molecule has 102 valence electrons. The van der Waals surface area contributed by atoms with Crippen molar-refractivity contribution in [1.82, 2.24) is 5.32 Å². The molecule has 0 aliphatic carbocycles. The predicted octanol–water partition coefficient (Wildman–Crippen LogP) is 3.57. The Balaban J connectivity index is 3.07. The van der Waals surface area contributed by atoms with Gasteiger partial charge in [0.1, 0.15) is 5.75 Å². The molecule has 0 unspecified atom stereocenters. The van der Waals surface area contributed by atoms with E-state index in [1.54, 1.807) is 7.11 Å². The molecule has 1 rings (SSSR count). The van der Waals surface area contributed by atoms with Gasteiger partial charge in [-0.2, -0.15) is 12.6 Å². The zero-order valence-corrected chi connectivity index (χ0v) is 13.0. The maximum atomic E-state index is 5.43. The Morgan fingerprint density at radius 2 is 2.00 bits per heavy atom. The average molecular weight is 267 g/mol. The second kappa shape index (κ2) is 6.48. The molecule has 0 spiro atoms. The van der Waals surface area contributed by atoms with E-state index >= 15 is 0 Å². The SMILES string of the molecule is COc1ccc(C(C)(C)CNCS)cc1C(C)C. The summed E-state index contributed by atoms with van der Waals surface area (Å²) in [7, 11) is 1.73. The van der Waals surface area contributed by atoms with Gasteiger partial charge >= 0.3 is 0 Å². The lowest BCUT2D eigenvalue weighted by Crippen LogP contribution is -2.32. The van der Waals surface area contributed by atoms with Crippen LogP contribution >= 0.6 is 12.6 Å². The van der Waals surface area contributed by atoms with Crippen LogP contribution in [0.3, 0.4) is 0 Å². The van der Waals surface area contributed by atoms with Gasteiger partial charge in [0.15, 0.2) is 0 Å². The van der Waals surface area contributed by atoms with Crippen molar-refractivity contribution in [2.45, 2.75) is 39.0 Å². The van der Waals surface area contributed by atoms with Crippen molar-refractivity contribution in [2.24, 2.45) is 0 Å². The van der Waals surface area contributed by atoms with Gasteiger partial charge in [0.2, 0.25) is 0 Å². The second-order valence-electron chi connectivity index (χ2n) is 5.58. The van der Waals surface area contributed by atoms with Gasteiger partial charge < -0.3 is 10.1 Å². The van der Waals surface area contributed by atoms with Crippen LogP contribution in [0.5, 0.6) is 5.75 Å². The van der Waals surface area contributed by atoms with Gasteiger partial charge in [-0.1, -0.05) is 39.8 Å². The molecule has 0 saturated carbocycles. The number of hydrogen-bond acceptors (Lipinski definition) is 3. The minimum absolute atomic E-state index is 0.0959. The lowest BCUT2D eigenvalue weighted by Gasteiger charge is -2.27. The van der Waals surface area contributed by atoms with Crippen molar-refractivity contribution in [3.05, 3.63) is 29.3 Å². The molecule has 0 bridgehead atoms. The molecule has 18 heavy (non-hydrogen) atoms. The molecule has 0 radical (unpaired) electrons. The lowest BCUT2D eigenvalue weighted by molar-refractivity contribution is 0.406. The summed E-state index contributed by atoms with van der Waals surface area (Å²) in [6, 6.07) is 6.50. The van der Waals surface area contributed by atoms with E-state index in [-0.39, 0.29) is 5.41 Å². The van der Waals surface area contributed by atoms with Gasteiger partial charge in [-0.15, -0.1) is 0 Å². The Morgan fingerprint density at radius 3 is 2.50 bits per heavy atom. The van der Waals surface area contributed by atoms with E-state index < -0.39 is 0 Å². The van der Waals surface area contributed by atoms with E-state index in [1.165, 1.54) is 11.1 Å². The van der Waals surface area contributed by atoms with Crippen LogP contribution in [0.2, 0.25) is 0 Å². The smallest absolute Gasteiger partial charge is 0.122 e. The first-order valence-electron chi connectivity index (χ1n) is 6.42. The summed E-state index contributed by atoms with van der Waals surface area (Å²) < 4.78 is 5.43. The van der Waals surface area contributed by atoms with Gasteiger partial charge in [-0.05, 0) is 23.1 Å². The molecule has 3 heteroatoms. The minimum Gasteiger partial charge on any atom is -0.496 e. The molecule has 0 amide bonds. The maximum absolute atomic E-state index is 5.43. The van der Waals surface area contributed by atoms with E-state index in [2.05, 4.69) is 63.8 Å². The summed E-state index contributed by atoms with van der Waals surface area (Å²) in [5.41, 5.74) is 2.70. The molecule has 0 heterocycles. The third kappa shape index (κ3) is 3.66. The molecule has 0 atom stereocenters. The number of nitrogens with one attached hydrogen (secondary N) is 1. The third-order valence-corrected chi connectivity index (χ3v) is 3.54. The number of rotatable bonds is 6. The van der Waals surface area contributed by atoms with Crippen LogP contribution in [-0.4, -0.2) is 19.5 Å². The third-order valence-electron chi connectivity index (χ3n) is 3.31. The van der Waals surface area contributed by atoms with Crippen LogP contribution < -0.4 is 10.1 Å². The Morgan fingerprint density at radius 1 is 1.33 bits per heavy atom. The lowest BCUT2D eigenvalue weighted by atomic mass is 9.82. The van der Waals surface area contributed by atoms with Crippen molar-refractivity contribution >= 4 is 12.6 Å². The first-order valence-corrected chi connectivity index (χ1v) is 7.05. The summed E-state index contributed by atoms with van der Waals surface area (Å²) in [5.74, 6) is 2.15. The molecule has 1 N–H and O–H groups in total. The number of benzene rings is 1. The highest BCUT2D eigenvalue weighted by molar-refractivity contribution is 7.80. The second-order valence-corrected chi connectivity index (χ2v) is 5.90. The first kappa shape index (κ1) is 15.4. The normalized spacial score (nSPS) is 11.9. The molecule has 0 aromatic heterocycles. The van der Waals surface area contributed by atoms with E-state index in [0.717, 1.165) is 12.3 Å². The Bertz CT molecular complexity index is 388. The quantitative estimate of drug-likeness (QED) is 0.607. The van der Waals surface area contributed by atoms with Gasteiger partial charge in [0, 0.05) is 17.8 Å². The maximum Gasteiger partial charge on any atom is 0.122 e. The topological polar surface area (TPSA) is 21.3 Å².